The minimum Gasteiger partial charge on any atom is -0.444 e. The van der Waals surface area contributed by atoms with Crippen LogP contribution in [0.1, 0.15) is 54.4 Å². The second kappa shape index (κ2) is 6.76. The van der Waals surface area contributed by atoms with E-state index in [-0.39, 0.29) is 0 Å². The molecule has 1 fully saturated rings. The summed E-state index contributed by atoms with van der Waals surface area (Å²) in [6, 6.07) is -0.692. The Hall–Kier alpha value is -1.79. The molecule has 1 saturated heterocycles. The molecule has 0 N–H and O–H groups in total. The summed E-state index contributed by atoms with van der Waals surface area (Å²) in [6.45, 7) is 10.9. The molecule has 1 rings (SSSR count). The lowest BCUT2D eigenvalue weighted by Crippen LogP contribution is -2.50. The Bertz CT molecular complexity index is 476. The molecule has 0 aromatic rings. The number of rotatable bonds is 1. The molecule has 0 radical (unpaired) electrons. The summed E-state index contributed by atoms with van der Waals surface area (Å²) < 4.78 is 10.5. The largest absolute Gasteiger partial charge is 0.444 e. The van der Waals surface area contributed by atoms with E-state index in [4.69, 9.17) is 9.47 Å². The van der Waals surface area contributed by atoms with Crippen molar-refractivity contribution in [3.8, 4) is 0 Å². The van der Waals surface area contributed by atoms with Gasteiger partial charge >= 0.3 is 12.2 Å². The Morgan fingerprint density at radius 3 is 2.00 bits per heavy atom. The first kappa shape index (κ1) is 19.3. The standard InChI is InChI=1S/C16H28N2O5/c1-15(2,3)22-13(20)17(7)12(19)11-9-8-10-18(11)14(21)23-16(4,5)6/h11H,8-10H2,1-7H3/t11-/m0/s1. The number of hydrogen-bond acceptors (Lipinski definition) is 5. The molecule has 0 aliphatic carbocycles. The van der Waals surface area contributed by atoms with Gasteiger partial charge in [0, 0.05) is 13.6 Å². The highest BCUT2D eigenvalue weighted by Gasteiger charge is 2.40. The fourth-order valence-corrected chi connectivity index (χ4v) is 2.21. The summed E-state index contributed by atoms with van der Waals surface area (Å²) in [5.41, 5.74) is -1.32. The zero-order chi connectivity index (χ0) is 18.0. The quantitative estimate of drug-likeness (QED) is 0.740. The molecule has 0 bridgehead atoms. The van der Waals surface area contributed by atoms with Crippen LogP contribution in [-0.2, 0) is 14.3 Å². The number of likely N-dealkylation sites (tertiary alicyclic amines) is 1. The second-order valence-electron chi connectivity index (χ2n) is 7.71. The monoisotopic (exact) mass is 328 g/mol. The van der Waals surface area contributed by atoms with Crippen LogP contribution in [-0.4, -0.2) is 58.7 Å². The van der Waals surface area contributed by atoms with Gasteiger partial charge in [0.05, 0.1) is 0 Å². The molecule has 0 aromatic heterocycles. The third-order valence-corrected chi connectivity index (χ3v) is 3.16. The lowest BCUT2D eigenvalue weighted by molar-refractivity contribution is -0.133. The highest BCUT2D eigenvalue weighted by molar-refractivity contribution is 5.96. The highest BCUT2D eigenvalue weighted by Crippen LogP contribution is 2.23. The van der Waals surface area contributed by atoms with Crippen LogP contribution in [0.4, 0.5) is 9.59 Å². The molecule has 1 aliphatic rings. The van der Waals surface area contributed by atoms with Crippen molar-refractivity contribution < 1.29 is 23.9 Å². The fourth-order valence-electron chi connectivity index (χ4n) is 2.21. The predicted octanol–water partition coefficient (Wildman–Crippen LogP) is 2.78. The van der Waals surface area contributed by atoms with Crippen molar-refractivity contribution in [2.75, 3.05) is 13.6 Å². The van der Waals surface area contributed by atoms with Gasteiger partial charge in [-0.25, -0.2) is 14.5 Å². The zero-order valence-corrected chi connectivity index (χ0v) is 15.1. The van der Waals surface area contributed by atoms with Gasteiger partial charge < -0.3 is 9.47 Å². The number of carbonyl (C=O) groups is 3. The van der Waals surface area contributed by atoms with Gasteiger partial charge in [0.25, 0.3) is 5.91 Å². The molecular formula is C16H28N2O5. The number of imide groups is 1. The summed E-state index contributed by atoms with van der Waals surface area (Å²) in [6.07, 6.45) is -0.0623. The predicted molar refractivity (Wildman–Crippen MR) is 85.0 cm³/mol. The molecule has 7 heteroatoms. The number of hydrogen-bond donors (Lipinski definition) is 0. The molecule has 132 valence electrons. The maximum atomic E-state index is 12.5. The minimum absolute atomic E-state index is 0.438. The van der Waals surface area contributed by atoms with Crippen LogP contribution in [0.2, 0.25) is 0 Å². The van der Waals surface area contributed by atoms with E-state index >= 15 is 0 Å². The summed E-state index contributed by atoms with van der Waals surface area (Å²) in [5, 5.41) is 0. The molecule has 0 unspecified atom stereocenters. The molecule has 0 saturated carbocycles. The first-order chi connectivity index (χ1) is 10.3. The third kappa shape index (κ3) is 5.73. The van der Waals surface area contributed by atoms with Crippen LogP contribution in [0, 0.1) is 0 Å². The maximum absolute atomic E-state index is 12.5. The van der Waals surface area contributed by atoms with Crippen molar-refractivity contribution in [1.29, 1.82) is 0 Å². The number of likely N-dealkylation sites (N-methyl/N-ethyl adjacent to an activating group) is 1. The average Bonchev–Trinajstić information content (AvgIpc) is 2.81. The number of nitrogens with zero attached hydrogens (tertiary/aromatic N) is 2. The lowest BCUT2D eigenvalue weighted by atomic mass is 10.2. The van der Waals surface area contributed by atoms with E-state index in [1.807, 2.05) is 0 Å². The lowest BCUT2D eigenvalue weighted by Gasteiger charge is -2.30. The van der Waals surface area contributed by atoms with Crippen molar-refractivity contribution in [3.05, 3.63) is 0 Å². The second-order valence-corrected chi connectivity index (χ2v) is 7.71. The molecule has 1 heterocycles. The number of ether oxygens (including phenoxy) is 2. The molecule has 0 spiro atoms. The normalized spacial score (nSPS) is 18.6. The molecule has 3 amide bonds. The van der Waals surface area contributed by atoms with Gasteiger partial charge in [-0.1, -0.05) is 0 Å². The van der Waals surface area contributed by atoms with Gasteiger partial charge in [-0.05, 0) is 54.4 Å². The SMILES string of the molecule is CN(C(=O)OC(C)(C)C)C(=O)[C@@H]1CCCN1C(=O)OC(C)(C)C. The minimum atomic E-state index is -0.724. The number of carbonyl (C=O) groups excluding carboxylic acids is 3. The van der Waals surface area contributed by atoms with E-state index in [2.05, 4.69) is 0 Å². The van der Waals surface area contributed by atoms with Crippen LogP contribution in [0.3, 0.4) is 0 Å². The van der Waals surface area contributed by atoms with Crippen molar-refractivity contribution in [2.24, 2.45) is 0 Å². The molecule has 0 aromatic carbocycles. The van der Waals surface area contributed by atoms with Crippen LogP contribution in [0.25, 0.3) is 0 Å². The maximum Gasteiger partial charge on any atom is 0.416 e. The molecule has 23 heavy (non-hydrogen) atoms. The molecule has 1 atom stereocenters. The van der Waals surface area contributed by atoms with Crippen molar-refractivity contribution in [1.82, 2.24) is 9.80 Å². The van der Waals surface area contributed by atoms with Gasteiger partial charge in [0.1, 0.15) is 17.2 Å². The average molecular weight is 328 g/mol. The Kier molecular flexibility index (Phi) is 5.66. The Balaban J connectivity index is 2.77. The van der Waals surface area contributed by atoms with E-state index < -0.39 is 35.3 Å². The van der Waals surface area contributed by atoms with Crippen molar-refractivity contribution >= 4 is 18.1 Å². The fraction of sp³-hybridized carbons (Fsp3) is 0.812. The Labute approximate surface area is 137 Å². The summed E-state index contributed by atoms with van der Waals surface area (Å²) >= 11 is 0. The Morgan fingerprint density at radius 2 is 1.52 bits per heavy atom. The Morgan fingerprint density at radius 1 is 1.00 bits per heavy atom. The first-order valence-electron chi connectivity index (χ1n) is 7.82. The van der Waals surface area contributed by atoms with E-state index in [1.54, 1.807) is 41.5 Å². The topological polar surface area (TPSA) is 76.2 Å². The van der Waals surface area contributed by atoms with Gasteiger partial charge in [0.2, 0.25) is 0 Å². The van der Waals surface area contributed by atoms with E-state index in [9.17, 15) is 14.4 Å². The molecule has 1 aliphatic heterocycles. The third-order valence-electron chi connectivity index (χ3n) is 3.16. The van der Waals surface area contributed by atoms with Crippen LogP contribution in [0.15, 0.2) is 0 Å². The highest BCUT2D eigenvalue weighted by atomic mass is 16.6. The smallest absolute Gasteiger partial charge is 0.416 e. The van der Waals surface area contributed by atoms with Gasteiger partial charge in [-0.15, -0.1) is 0 Å². The van der Waals surface area contributed by atoms with Crippen LogP contribution >= 0.6 is 0 Å². The van der Waals surface area contributed by atoms with E-state index in [0.29, 0.717) is 19.4 Å². The summed E-state index contributed by atoms with van der Waals surface area (Å²) in [4.78, 5) is 39.1. The summed E-state index contributed by atoms with van der Waals surface area (Å²) in [7, 11) is 1.36. The molecular weight excluding hydrogens is 300 g/mol. The summed E-state index contributed by atoms with van der Waals surface area (Å²) in [5.74, 6) is -0.456. The molecule has 7 nitrogen and oxygen atoms in total. The van der Waals surface area contributed by atoms with Crippen LogP contribution in [0.5, 0.6) is 0 Å². The van der Waals surface area contributed by atoms with Crippen molar-refractivity contribution in [3.63, 3.8) is 0 Å². The number of amides is 3. The van der Waals surface area contributed by atoms with Crippen LogP contribution < -0.4 is 0 Å². The van der Waals surface area contributed by atoms with Gasteiger partial charge in [-0.2, -0.15) is 0 Å². The zero-order valence-electron chi connectivity index (χ0n) is 15.1. The first-order valence-corrected chi connectivity index (χ1v) is 7.82. The van der Waals surface area contributed by atoms with E-state index in [1.165, 1.54) is 11.9 Å². The van der Waals surface area contributed by atoms with Gasteiger partial charge in [-0.3, -0.25) is 9.69 Å². The van der Waals surface area contributed by atoms with Crippen molar-refractivity contribution in [2.45, 2.75) is 71.6 Å². The van der Waals surface area contributed by atoms with E-state index in [0.717, 1.165) is 4.90 Å². The van der Waals surface area contributed by atoms with Gasteiger partial charge in [0.15, 0.2) is 0 Å².